The molecule has 0 atom stereocenters. The Morgan fingerprint density at radius 2 is 1.85 bits per heavy atom. The van der Waals surface area contributed by atoms with Gasteiger partial charge in [-0.05, 0) is 61.1 Å². The molecule has 3 N–H and O–H groups in total. The summed E-state index contributed by atoms with van der Waals surface area (Å²) in [5.41, 5.74) is 12.0. The van der Waals surface area contributed by atoms with E-state index < -0.39 is 0 Å². The molecule has 0 spiro atoms. The lowest BCUT2D eigenvalue weighted by molar-refractivity contribution is 0.171. The number of hydrogen-bond donors (Lipinski definition) is 2. The summed E-state index contributed by atoms with van der Waals surface area (Å²) in [7, 11) is 0. The molecule has 0 saturated carbocycles. The minimum Gasteiger partial charge on any atom is -0.486 e. The highest BCUT2D eigenvalue weighted by atomic mass is 16.6. The number of H-pyrrole nitrogens is 1. The van der Waals surface area contributed by atoms with Crippen LogP contribution in [0.2, 0.25) is 0 Å². The lowest BCUT2D eigenvalue weighted by atomic mass is 9.96. The van der Waals surface area contributed by atoms with E-state index in [1.807, 2.05) is 6.07 Å². The van der Waals surface area contributed by atoms with Crippen LogP contribution in [-0.2, 0) is 6.42 Å². The van der Waals surface area contributed by atoms with Crippen molar-refractivity contribution in [2.75, 3.05) is 19.8 Å². The van der Waals surface area contributed by atoms with E-state index in [0.717, 1.165) is 42.9 Å². The van der Waals surface area contributed by atoms with Crippen molar-refractivity contribution in [2.45, 2.75) is 39.0 Å². The second-order valence-electron chi connectivity index (χ2n) is 7.51. The van der Waals surface area contributed by atoms with Gasteiger partial charge in [0, 0.05) is 22.2 Å². The molecule has 1 aliphatic rings. The molecular formula is C23H28N2O2. The topological polar surface area (TPSA) is 60.3 Å². The van der Waals surface area contributed by atoms with Crippen LogP contribution in [0.25, 0.3) is 22.2 Å². The van der Waals surface area contributed by atoms with Crippen molar-refractivity contribution in [1.29, 1.82) is 0 Å². The maximum atomic E-state index is 5.80. The molecule has 2 heterocycles. The number of aromatic nitrogens is 1. The highest BCUT2D eigenvalue weighted by Crippen LogP contribution is 2.39. The fraction of sp³-hybridized carbons (Fsp3) is 0.391. The maximum absolute atomic E-state index is 5.80. The van der Waals surface area contributed by atoms with E-state index in [-0.39, 0.29) is 0 Å². The third kappa shape index (κ3) is 3.42. The molecule has 1 aliphatic heterocycles. The summed E-state index contributed by atoms with van der Waals surface area (Å²) in [5, 5.41) is 1.32. The van der Waals surface area contributed by atoms with Gasteiger partial charge in [0.15, 0.2) is 11.5 Å². The van der Waals surface area contributed by atoms with Crippen molar-refractivity contribution in [3.8, 4) is 22.8 Å². The predicted octanol–water partition coefficient (Wildman–Crippen LogP) is 5.01. The second kappa shape index (κ2) is 7.65. The van der Waals surface area contributed by atoms with E-state index in [1.54, 1.807) is 0 Å². The van der Waals surface area contributed by atoms with Gasteiger partial charge in [0.25, 0.3) is 0 Å². The Morgan fingerprint density at radius 3 is 2.63 bits per heavy atom. The van der Waals surface area contributed by atoms with Gasteiger partial charge in [-0.3, -0.25) is 0 Å². The van der Waals surface area contributed by atoms with Crippen LogP contribution >= 0.6 is 0 Å². The highest BCUT2D eigenvalue weighted by molar-refractivity contribution is 5.93. The lowest BCUT2D eigenvalue weighted by Crippen LogP contribution is -2.15. The molecule has 0 saturated heterocycles. The molecule has 0 amide bonds. The summed E-state index contributed by atoms with van der Waals surface area (Å²) in [5.74, 6) is 2.13. The first-order chi connectivity index (χ1) is 13.2. The minimum absolute atomic E-state index is 0.470. The molecule has 4 heteroatoms. The number of ether oxygens (including phenoxy) is 2. The lowest BCUT2D eigenvalue weighted by Gasteiger charge is -2.19. The number of benzene rings is 2. The van der Waals surface area contributed by atoms with Gasteiger partial charge < -0.3 is 20.2 Å². The number of unbranched alkanes of at least 4 members (excludes halogenated alkanes) is 1. The Labute approximate surface area is 160 Å². The van der Waals surface area contributed by atoms with Gasteiger partial charge in [-0.25, -0.2) is 0 Å². The zero-order chi connectivity index (χ0) is 18.8. The molecule has 0 radical (unpaired) electrons. The Bertz CT molecular complexity index is 943. The normalized spacial score (nSPS) is 13.5. The molecule has 4 rings (SSSR count). The molecular weight excluding hydrogens is 336 g/mol. The highest BCUT2D eigenvalue weighted by Gasteiger charge is 2.19. The zero-order valence-corrected chi connectivity index (χ0v) is 16.2. The van der Waals surface area contributed by atoms with Crippen LogP contribution < -0.4 is 15.2 Å². The van der Waals surface area contributed by atoms with Crippen LogP contribution in [0.1, 0.15) is 43.7 Å². The first-order valence-electron chi connectivity index (χ1n) is 9.92. The third-order valence-corrected chi connectivity index (χ3v) is 5.31. The van der Waals surface area contributed by atoms with Crippen molar-refractivity contribution in [2.24, 2.45) is 5.73 Å². The van der Waals surface area contributed by atoms with E-state index in [0.29, 0.717) is 19.1 Å². The SMILES string of the molecule is CC(C)c1cccc2c(CCCCN)c(-c3ccc4c(c3)OCCO4)[nH]c12. The van der Waals surface area contributed by atoms with Crippen molar-refractivity contribution >= 4 is 10.9 Å². The molecule has 0 unspecified atom stereocenters. The molecule has 3 aromatic rings. The minimum atomic E-state index is 0.470. The molecule has 2 aromatic carbocycles. The summed E-state index contributed by atoms with van der Waals surface area (Å²) in [6.07, 6.45) is 3.15. The average Bonchev–Trinajstić information content (AvgIpc) is 3.06. The molecule has 0 bridgehead atoms. The van der Waals surface area contributed by atoms with Gasteiger partial charge in [0.05, 0.1) is 0 Å². The van der Waals surface area contributed by atoms with E-state index in [1.165, 1.54) is 27.7 Å². The van der Waals surface area contributed by atoms with Gasteiger partial charge in [-0.1, -0.05) is 32.0 Å². The van der Waals surface area contributed by atoms with Gasteiger partial charge in [-0.15, -0.1) is 0 Å². The Kier molecular flexibility index (Phi) is 5.08. The number of aryl methyl sites for hydroxylation is 1. The molecule has 1 aromatic heterocycles. The molecule has 27 heavy (non-hydrogen) atoms. The number of rotatable bonds is 6. The van der Waals surface area contributed by atoms with Crippen LogP contribution in [0.15, 0.2) is 36.4 Å². The Morgan fingerprint density at radius 1 is 1.04 bits per heavy atom. The fourth-order valence-corrected chi connectivity index (χ4v) is 3.93. The first kappa shape index (κ1) is 17.9. The summed E-state index contributed by atoms with van der Waals surface area (Å²) in [6, 6.07) is 12.9. The first-order valence-corrected chi connectivity index (χ1v) is 9.92. The standard InChI is InChI=1S/C23H28N2O2/c1-15(2)17-7-5-8-19-18(6-3-4-11-24)22(25-23(17)19)16-9-10-20-21(14-16)27-13-12-26-20/h5,7-10,14-15,25H,3-4,6,11-13,24H2,1-2H3. The van der Waals surface area contributed by atoms with Crippen LogP contribution in [0.4, 0.5) is 0 Å². The summed E-state index contributed by atoms with van der Waals surface area (Å²) < 4.78 is 11.5. The van der Waals surface area contributed by atoms with Crippen molar-refractivity contribution in [3.63, 3.8) is 0 Å². The van der Waals surface area contributed by atoms with Crippen LogP contribution in [-0.4, -0.2) is 24.7 Å². The van der Waals surface area contributed by atoms with E-state index in [4.69, 9.17) is 15.2 Å². The molecule has 4 nitrogen and oxygen atoms in total. The van der Waals surface area contributed by atoms with Crippen molar-refractivity contribution in [1.82, 2.24) is 4.98 Å². The van der Waals surface area contributed by atoms with Crippen LogP contribution in [0, 0.1) is 0 Å². The Hall–Kier alpha value is -2.46. The monoisotopic (exact) mass is 364 g/mol. The maximum Gasteiger partial charge on any atom is 0.162 e. The summed E-state index contributed by atoms with van der Waals surface area (Å²) in [4.78, 5) is 3.74. The fourth-order valence-electron chi connectivity index (χ4n) is 3.93. The third-order valence-electron chi connectivity index (χ3n) is 5.31. The summed E-state index contributed by atoms with van der Waals surface area (Å²) in [6.45, 7) is 6.44. The number of hydrogen-bond acceptors (Lipinski definition) is 3. The largest absolute Gasteiger partial charge is 0.486 e. The second-order valence-corrected chi connectivity index (χ2v) is 7.51. The molecule has 0 fully saturated rings. The van der Waals surface area contributed by atoms with Gasteiger partial charge in [-0.2, -0.15) is 0 Å². The molecule has 0 aliphatic carbocycles. The van der Waals surface area contributed by atoms with Gasteiger partial charge >= 0.3 is 0 Å². The van der Waals surface area contributed by atoms with E-state index >= 15 is 0 Å². The van der Waals surface area contributed by atoms with Gasteiger partial charge in [0.2, 0.25) is 0 Å². The van der Waals surface area contributed by atoms with Crippen molar-refractivity contribution in [3.05, 3.63) is 47.5 Å². The summed E-state index contributed by atoms with van der Waals surface area (Å²) >= 11 is 0. The predicted molar refractivity (Wildman–Crippen MR) is 111 cm³/mol. The van der Waals surface area contributed by atoms with E-state index in [9.17, 15) is 0 Å². The smallest absolute Gasteiger partial charge is 0.162 e. The zero-order valence-electron chi connectivity index (χ0n) is 16.2. The number of nitrogens with two attached hydrogens (primary N) is 1. The Balaban J connectivity index is 1.85. The van der Waals surface area contributed by atoms with Gasteiger partial charge in [0.1, 0.15) is 13.2 Å². The quantitative estimate of drug-likeness (QED) is 0.604. The molecule has 142 valence electrons. The number of para-hydroxylation sites is 1. The number of fused-ring (bicyclic) bond motifs is 2. The van der Waals surface area contributed by atoms with Crippen LogP contribution in [0.3, 0.4) is 0 Å². The van der Waals surface area contributed by atoms with Crippen molar-refractivity contribution < 1.29 is 9.47 Å². The van der Waals surface area contributed by atoms with Crippen LogP contribution in [0.5, 0.6) is 11.5 Å². The number of aromatic amines is 1. The number of nitrogens with one attached hydrogen (secondary N) is 1. The average molecular weight is 364 g/mol. The van der Waals surface area contributed by atoms with E-state index in [2.05, 4.69) is 49.2 Å².